The summed E-state index contributed by atoms with van der Waals surface area (Å²) in [5.41, 5.74) is 6.46. The molecule has 2 atom stereocenters. The standard InChI is InChI=1S/C14H26N2O/c1-2-7-14(15)11-16(10-12-3-4-12)8-5-13(14)6-9-17/h9,12-13H,2-8,10-11,15H2,1H3. The minimum atomic E-state index is -0.122. The molecule has 1 saturated heterocycles. The number of nitrogens with two attached hydrogens (primary N) is 1. The molecule has 2 rings (SSSR count). The SMILES string of the molecule is CCCC1(N)CN(CC2CC2)CCC1CC=O. The van der Waals surface area contributed by atoms with Crippen molar-refractivity contribution in [1.29, 1.82) is 0 Å². The molecule has 0 amide bonds. The van der Waals surface area contributed by atoms with Crippen molar-refractivity contribution in [3.05, 3.63) is 0 Å². The second-order valence-corrected chi connectivity index (χ2v) is 6.05. The van der Waals surface area contributed by atoms with Gasteiger partial charge in [-0.3, -0.25) is 0 Å². The molecular weight excluding hydrogens is 212 g/mol. The third-order valence-corrected chi connectivity index (χ3v) is 4.43. The Hall–Kier alpha value is -0.410. The molecule has 3 nitrogen and oxygen atoms in total. The highest BCUT2D eigenvalue weighted by atomic mass is 16.1. The van der Waals surface area contributed by atoms with Gasteiger partial charge in [0.15, 0.2) is 0 Å². The van der Waals surface area contributed by atoms with E-state index in [1.165, 1.54) is 19.4 Å². The molecule has 2 aliphatic rings. The van der Waals surface area contributed by atoms with Gasteiger partial charge < -0.3 is 15.4 Å². The first-order valence-corrected chi connectivity index (χ1v) is 7.13. The van der Waals surface area contributed by atoms with Crippen LogP contribution in [0.3, 0.4) is 0 Å². The van der Waals surface area contributed by atoms with Crippen molar-refractivity contribution in [2.24, 2.45) is 17.6 Å². The van der Waals surface area contributed by atoms with Crippen LogP contribution in [0.15, 0.2) is 0 Å². The van der Waals surface area contributed by atoms with Crippen molar-refractivity contribution in [3.63, 3.8) is 0 Å². The predicted octanol–water partition coefficient (Wildman–Crippen LogP) is 1.80. The number of likely N-dealkylation sites (tertiary alicyclic amines) is 1. The largest absolute Gasteiger partial charge is 0.324 e. The summed E-state index contributed by atoms with van der Waals surface area (Å²) in [5, 5.41) is 0. The molecule has 2 fully saturated rings. The third-order valence-electron chi connectivity index (χ3n) is 4.43. The molecule has 98 valence electrons. The molecular formula is C14H26N2O. The van der Waals surface area contributed by atoms with E-state index in [-0.39, 0.29) is 5.54 Å². The topological polar surface area (TPSA) is 46.3 Å². The summed E-state index contributed by atoms with van der Waals surface area (Å²) in [7, 11) is 0. The molecule has 0 aromatic rings. The predicted molar refractivity (Wildman–Crippen MR) is 69.8 cm³/mol. The molecule has 1 heterocycles. The number of aldehydes is 1. The molecule has 17 heavy (non-hydrogen) atoms. The van der Waals surface area contributed by atoms with Crippen LogP contribution in [-0.2, 0) is 4.79 Å². The van der Waals surface area contributed by atoms with Gasteiger partial charge in [0.1, 0.15) is 6.29 Å². The number of carbonyl (C=O) groups excluding carboxylic acids is 1. The van der Waals surface area contributed by atoms with Crippen LogP contribution in [0, 0.1) is 11.8 Å². The van der Waals surface area contributed by atoms with Gasteiger partial charge in [0.25, 0.3) is 0 Å². The lowest BCUT2D eigenvalue weighted by Gasteiger charge is -2.46. The second-order valence-electron chi connectivity index (χ2n) is 6.05. The monoisotopic (exact) mass is 238 g/mol. The van der Waals surface area contributed by atoms with Crippen LogP contribution in [-0.4, -0.2) is 36.4 Å². The van der Waals surface area contributed by atoms with Crippen molar-refractivity contribution in [3.8, 4) is 0 Å². The van der Waals surface area contributed by atoms with Crippen molar-refractivity contribution in [1.82, 2.24) is 4.90 Å². The fraction of sp³-hybridized carbons (Fsp3) is 0.929. The van der Waals surface area contributed by atoms with Gasteiger partial charge in [-0.2, -0.15) is 0 Å². The van der Waals surface area contributed by atoms with Crippen molar-refractivity contribution in [2.75, 3.05) is 19.6 Å². The smallest absolute Gasteiger partial charge is 0.120 e. The van der Waals surface area contributed by atoms with Crippen LogP contribution in [0.5, 0.6) is 0 Å². The highest BCUT2D eigenvalue weighted by Gasteiger charge is 2.40. The molecule has 2 unspecified atom stereocenters. The van der Waals surface area contributed by atoms with Gasteiger partial charge >= 0.3 is 0 Å². The fourth-order valence-corrected chi connectivity index (χ4v) is 3.29. The first-order chi connectivity index (χ1) is 8.18. The Bertz CT molecular complexity index is 265. The van der Waals surface area contributed by atoms with E-state index in [0.29, 0.717) is 12.3 Å². The van der Waals surface area contributed by atoms with Crippen LogP contribution in [0.2, 0.25) is 0 Å². The molecule has 3 heteroatoms. The van der Waals surface area contributed by atoms with Gasteiger partial charge in [0, 0.05) is 25.0 Å². The van der Waals surface area contributed by atoms with E-state index >= 15 is 0 Å². The van der Waals surface area contributed by atoms with Gasteiger partial charge in [0.2, 0.25) is 0 Å². The molecule has 0 bridgehead atoms. The second kappa shape index (κ2) is 5.49. The van der Waals surface area contributed by atoms with Crippen LogP contribution in [0.25, 0.3) is 0 Å². The lowest BCUT2D eigenvalue weighted by molar-refractivity contribution is -0.109. The van der Waals surface area contributed by atoms with E-state index in [0.717, 1.165) is 44.6 Å². The molecule has 0 aromatic heterocycles. The third kappa shape index (κ3) is 3.29. The quantitative estimate of drug-likeness (QED) is 0.718. The number of rotatable bonds is 6. The van der Waals surface area contributed by atoms with Crippen molar-refractivity contribution in [2.45, 2.75) is 51.0 Å². The Morgan fingerprint density at radius 3 is 2.76 bits per heavy atom. The number of piperidine rings is 1. The molecule has 0 spiro atoms. The minimum absolute atomic E-state index is 0.122. The highest BCUT2D eigenvalue weighted by Crippen LogP contribution is 2.35. The van der Waals surface area contributed by atoms with Crippen molar-refractivity contribution < 1.29 is 4.79 Å². The average Bonchev–Trinajstić information content (AvgIpc) is 3.06. The average molecular weight is 238 g/mol. The van der Waals surface area contributed by atoms with Crippen LogP contribution < -0.4 is 5.73 Å². The lowest BCUT2D eigenvalue weighted by atomic mass is 9.74. The van der Waals surface area contributed by atoms with E-state index in [1.807, 2.05) is 0 Å². The molecule has 0 aromatic carbocycles. The molecule has 1 saturated carbocycles. The van der Waals surface area contributed by atoms with Crippen LogP contribution in [0.4, 0.5) is 0 Å². The van der Waals surface area contributed by atoms with Gasteiger partial charge in [-0.05, 0) is 44.1 Å². The minimum Gasteiger partial charge on any atom is -0.324 e. The lowest BCUT2D eigenvalue weighted by Crippen LogP contribution is -2.60. The zero-order chi connectivity index (χ0) is 12.3. The summed E-state index contributed by atoms with van der Waals surface area (Å²) in [4.78, 5) is 13.3. The Balaban J connectivity index is 1.95. The van der Waals surface area contributed by atoms with Gasteiger partial charge in [-0.1, -0.05) is 13.3 Å². The normalized spacial score (nSPS) is 34.8. The molecule has 0 radical (unpaired) electrons. The van der Waals surface area contributed by atoms with Crippen LogP contribution in [0.1, 0.15) is 45.4 Å². The van der Waals surface area contributed by atoms with Gasteiger partial charge in [-0.15, -0.1) is 0 Å². The highest BCUT2D eigenvalue weighted by molar-refractivity contribution is 5.50. The zero-order valence-electron chi connectivity index (χ0n) is 11.0. The van der Waals surface area contributed by atoms with Gasteiger partial charge in [-0.25, -0.2) is 0 Å². The summed E-state index contributed by atoms with van der Waals surface area (Å²) in [5.74, 6) is 1.33. The number of hydrogen-bond acceptors (Lipinski definition) is 3. The first-order valence-electron chi connectivity index (χ1n) is 7.13. The Morgan fingerprint density at radius 2 is 2.18 bits per heavy atom. The molecule has 1 aliphatic carbocycles. The molecule has 1 aliphatic heterocycles. The van der Waals surface area contributed by atoms with Crippen LogP contribution >= 0.6 is 0 Å². The summed E-state index contributed by atoms with van der Waals surface area (Å²) < 4.78 is 0. The maximum atomic E-state index is 10.8. The fourth-order valence-electron chi connectivity index (χ4n) is 3.29. The summed E-state index contributed by atoms with van der Waals surface area (Å²) in [6, 6.07) is 0. The Kier molecular flexibility index (Phi) is 4.21. The zero-order valence-corrected chi connectivity index (χ0v) is 11.0. The number of nitrogens with zero attached hydrogens (tertiary/aromatic N) is 1. The van der Waals surface area contributed by atoms with Gasteiger partial charge in [0.05, 0.1) is 0 Å². The summed E-state index contributed by atoms with van der Waals surface area (Å²) in [6.45, 7) is 5.55. The first kappa shape index (κ1) is 13.0. The van der Waals surface area contributed by atoms with Crippen molar-refractivity contribution >= 4 is 6.29 Å². The number of hydrogen-bond donors (Lipinski definition) is 1. The van der Waals surface area contributed by atoms with E-state index in [4.69, 9.17) is 5.73 Å². The van der Waals surface area contributed by atoms with E-state index in [2.05, 4.69) is 11.8 Å². The van der Waals surface area contributed by atoms with E-state index < -0.39 is 0 Å². The summed E-state index contributed by atoms with van der Waals surface area (Å²) >= 11 is 0. The summed E-state index contributed by atoms with van der Waals surface area (Å²) in [6.07, 6.45) is 7.77. The molecule has 2 N–H and O–H groups in total. The maximum Gasteiger partial charge on any atom is 0.120 e. The van der Waals surface area contributed by atoms with E-state index in [9.17, 15) is 4.79 Å². The van der Waals surface area contributed by atoms with E-state index in [1.54, 1.807) is 0 Å². The Morgan fingerprint density at radius 1 is 1.41 bits per heavy atom. The number of carbonyl (C=O) groups is 1. The maximum absolute atomic E-state index is 10.8. The Labute approximate surface area is 105 Å².